The van der Waals surface area contributed by atoms with Crippen molar-refractivity contribution in [2.75, 3.05) is 20.8 Å². The Kier molecular flexibility index (Phi) is 5.12. The molecule has 1 aromatic rings. The number of rotatable bonds is 5. The number of methoxy groups -OCH3 is 2. The Hall–Kier alpha value is -2.26. The summed E-state index contributed by atoms with van der Waals surface area (Å²) in [5.74, 6) is -1.70. The van der Waals surface area contributed by atoms with E-state index >= 15 is 0 Å². The van der Waals surface area contributed by atoms with E-state index < -0.39 is 18.4 Å². The Morgan fingerprint density at radius 2 is 1.96 bits per heavy atom. The summed E-state index contributed by atoms with van der Waals surface area (Å²) in [7, 11) is 2.77. The highest BCUT2D eigenvalue weighted by Crippen LogP contribution is 2.39. The van der Waals surface area contributed by atoms with E-state index in [0.717, 1.165) is 16.7 Å². The van der Waals surface area contributed by atoms with Crippen molar-refractivity contribution in [1.82, 2.24) is 4.90 Å². The van der Waals surface area contributed by atoms with Crippen LogP contribution in [0, 0.1) is 0 Å². The molecule has 0 aromatic heterocycles. The SMILES string of the molecule is COc1cc(/C=C2\SC(=S)N(CC(=O)[O-])C2=O)cc(OC)c1O. The van der Waals surface area contributed by atoms with Crippen LogP contribution in [0.2, 0.25) is 0 Å². The van der Waals surface area contributed by atoms with Crippen molar-refractivity contribution in [3.8, 4) is 17.2 Å². The topological polar surface area (TPSA) is 99.1 Å². The van der Waals surface area contributed by atoms with E-state index in [1.165, 1.54) is 32.4 Å². The molecule has 0 bridgehead atoms. The first-order valence-corrected chi connectivity index (χ1v) is 7.50. The summed E-state index contributed by atoms with van der Waals surface area (Å²) < 4.78 is 10.2. The van der Waals surface area contributed by atoms with Gasteiger partial charge in [-0.15, -0.1) is 0 Å². The predicted octanol–water partition coefficient (Wildman–Crippen LogP) is 0.360. The van der Waals surface area contributed by atoms with Gasteiger partial charge in [0.05, 0.1) is 31.6 Å². The van der Waals surface area contributed by atoms with Gasteiger partial charge in [-0.25, -0.2) is 0 Å². The van der Waals surface area contributed by atoms with Gasteiger partial charge < -0.3 is 24.5 Å². The Bertz CT molecular complexity index is 690. The number of aromatic hydroxyl groups is 1. The molecular formula is C14H12NO6S2-. The lowest BCUT2D eigenvalue weighted by molar-refractivity contribution is -0.305. The summed E-state index contributed by atoms with van der Waals surface area (Å²) in [6, 6.07) is 3.03. The second kappa shape index (κ2) is 6.88. The summed E-state index contributed by atoms with van der Waals surface area (Å²) in [5.41, 5.74) is 0.533. The number of thiocarbonyl (C=S) groups is 1. The zero-order valence-corrected chi connectivity index (χ0v) is 13.8. The maximum absolute atomic E-state index is 12.2. The molecule has 1 N–H and O–H groups in total. The van der Waals surface area contributed by atoms with Crippen molar-refractivity contribution in [2.24, 2.45) is 0 Å². The molecule has 9 heteroatoms. The van der Waals surface area contributed by atoms with Crippen LogP contribution >= 0.6 is 24.0 Å². The second-order valence-electron chi connectivity index (χ2n) is 4.41. The number of benzene rings is 1. The van der Waals surface area contributed by atoms with Crippen molar-refractivity contribution >= 4 is 46.3 Å². The first-order chi connectivity index (χ1) is 10.9. The fourth-order valence-electron chi connectivity index (χ4n) is 1.91. The number of ether oxygens (including phenoxy) is 2. The molecule has 0 atom stereocenters. The molecule has 1 aliphatic heterocycles. The number of carboxylic acid groups (broad SMARTS) is 1. The monoisotopic (exact) mass is 354 g/mol. The molecule has 0 aliphatic carbocycles. The average molecular weight is 354 g/mol. The molecule has 0 spiro atoms. The van der Waals surface area contributed by atoms with Gasteiger partial charge in [-0.05, 0) is 23.8 Å². The van der Waals surface area contributed by atoms with Gasteiger partial charge in [-0.3, -0.25) is 9.69 Å². The van der Waals surface area contributed by atoms with Crippen molar-refractivity contribution in [2.45, 2.75) is 0 Å². The molecule has 1 heterocycles. The van der Waals surface area contributed by atoms with Crippen LogP contribution < -0.4 is 14.6 Å². The fourth-order valence-corrected chi connectivity index (χ4v) is 3.17. The number of phenolic OH excluding ortho intramolecular Hbond substituents is 1. The van der Waals surface area contributed by atoms with Gasteiger partial charge in [-0.2, -0.15) is 0 Å². The molecular weight excluding hydrogens is 342 g/mol. The van der Waals surface area contributed by atoms with Crippen LogP contribution in [0.3, 0.4) is 0 Å². The largest absolute Gasteiger partial charge is 0.548 e. The number of nitrogens with zero attached hydrogens (tertiary/aromatic N) is 1. The number of carbonyl (C=O) groups is 2. The lowest BCUT2D eigenvalue weighted by atomic mass is 10.1. The first-order valence-electron chi connectivity index (χ1n) is 6.27. The van der Waals surface area contributed by atoms with Gasteiger partial charge in [0.2, 0.25) is 5.75 Å². The fraction of sp³-hybridized carbons (Fsp3) is 0.214. The van der Waals surface area contributed by atoms with Crippen LogP contribution in [-0.4, -0.2) is 47.0 Å². The molecule has 0 saturated carbocycles. The molecule has 2 rings (SSSR count). The number of phenols is 1. The molecule has 1 saturated heterocycles. The number of amides is 1. The van der Waals surface area contributed by atoms with Crippen LogP contribution in [0.5, 0.6) is 17.2 Å². The van der Waals surface area contributed by atoms with Crippen LogP contribution in [0.4, 0.5) is 0 Å². The van der Waals surface area contributed by atoms with E-state index in [1.807, 2.05) is 0 Å². The zero-order chi connectivity index (χ0) is 17.1. The minimum Gasteiger partial charge on any atom is -0.548 e. The maximum Gasteiger partial charge on any atom is 0.266 e. The summed E-state index contributed by atoms with van der Waals surface area (Å²) in [4.78, 5) is 24.0. The predicted molar refractivity (Wildman–Crippen MR) is 86.1 cm³/mol. The number of thioether (sulfide) groups is 1. The highest BCUT2D eigenvalue weighted by Gasteiger charge is 2.32. The molecule has 0 radical (unpaired) electrons. The third-order valence-electron chi connectivity index (χ3n) is 2.96. The molecule has 1 fully saturated rings. The molecule has 0 unspecified atom stereocenters. The molecule has 122 valence electrons. The number of hydrogen-bond acceptors (Lipinski definition) is 8. The van der Waals surface area contributed by atoms with Gasteiger partial charge in [-0.1, -0.05) is 24.0 Å². The van der Waals surface area contributed by atoms with E-state index in [0.29, 0.717) is 5.56 Å². The third kappa shape index (κ3) is 3.57. The van der Waals surface area contributed by atoms with Crippen LogP contribution in [0.15, 0.2) is 17.0 Å². The maximum atomic E-state index is 12.2. The van der Waals surface area contributed by atoms with Crippen LogP contribution in [0.25, 0.3) is 6.08 Å². The number of carboxylic acids is 1. The Balaban J connectivity index is 2.37. The van der Waals surface area contributed by atoms with Crippen LogP contribution in [0.1, 0.15) is 5.56 Å². The van der Waals surface area contributed by atoms with Gasteiger partial charge in [0.25, 0.3) is 5.91 Å². The van der Waals surface area contributed by atoms with E-state index in [2.05, 4.69) is 0 Å². The molecule has 7 nitrogen and oxygen atoms in total. The van der Waals surface area contributed by atoms with Gasteiger partial charge in [0, 0.05) is 0 Å². The van der Waals surface area contributed by atoms with Gasteiger partial charge >= 0.3 is 0 Å². The molecule has 1 amide bonds. The molecule has 1 aliphatic rings. The van der Waals surface area contributed by atoms with E-state index in [4.69, 9.17) is 21.7 Å². The first kappa shape index (κ1) is 17.1. The minimum atomic E-state index is -1.39. The zero-order valence-electron chi connectivity index (χ0n) is 12.2. The van der Waals surface area contributed by atoms with Crippen molar-refractivity contribution in [1.29, 1.82) is 0 Å². The highest BCUT2D eigenvalue weighted by molar-refractivity contribution is 8.26. The summed E-state index contributed by atoms with van der Waals surface area (Å²) in [6.45, 7) is -0.593. The highest BCUT2D eigenvalue weighted by atomic mass is 32.2. The summed E-state index contributed by atoms with van der Waals surface area (Å²) >= 11 is 5.98. The molecule has 1 aromatic carbocycles. The van der Waals surface area contributed by atoms with Crippen molar-refractivity contribution < 1.29 is 29.3 Å². The molecule has 23 heavy (non-hydrogen) atoms. The Labute approximate surface area is 141 Å². The second-order valence-corrected chi connectivity index (χ2v) is 6.09. The van der Waals surface area contributed by atoms with Gasteiger partial charge in [0.1, 0.15) is 4.32 Å². The Morgan fingerprint density at radius 1 is 1.39 bits per heavy atom. The number of aliphatic carboxylic acids is 1. The quantitative estimate of drug-likeness (QED) is 0.598. The number of hydrogen-bond donors (Lipinski definition) is 1. The van der Waals surface area contributed by atoms with Crippen molar-refractivity contribution in [3.63, 3.8) is 0 Å². The Morgan fingerprint density at radius 3 is 2.43 bits per heavy atom. The number of carbonyl (C=O) groups excluding carboxylic acids is 2. The average Bonchev–Trinajstić information content (AvgIpc) is 2.76. The minimum absolute atomic E-state index is 0.142. The summed E-state index contributed by atoms with van der Waals surface area (Å²) in [6.07, 6.45) is 1.51. The van der Waals surface area contributed by atoms with E-state index in [9.17, 15) is 19.8 Å². The lowest BCUT2D eigenvalue weighted by Crippen LogP contribution is -2.40. The summed E-state index contributed by atoms with van der Waals surface area (Å²) in [5, 5.41) is 20.5. The normalized spacial score (nSPS) is 16.1. The smallest absolute Gasteiger partial charge is 0.266 e. The van der Waals surface area contributed by atoms with E-state index in [1.54, 1.807) is 0 Å². The van der Waals surface area contributed by atoms with Crippen molar-refractivity contribution in [3.05, 3.63) is 22.6 Å². The standard InChI is InChI=1S/C14H13NO6S2/c1-20-8-3-7(4-9(21-2)12(8)18)5-10-13(19)15(6-11(16)17)14(22)23-10/h3-5,18H,6H2,1-2H3,(H,16,17)/p-1/b10-5-. The third-order valence-corrected chi connectivity index (χ3v) is 4.34. The van der Waals surface area contributed by atoms with E-state index in [-0.39, 0.29) is 26.5 Å². The van der Waals surface area contributed by atoms with Crippen LogP contribution in [-0.2, 0) is 9.59 Å². The van der Waals surface area contributed by atoms with Gasteiger partial charge in [0.15, 0.2) is 11.5 Å². The lowest BCUT2D eigenvalue weighted by Gasteiger charge is -2.14.